The molecule has 0 aromatic carbocycles. The van der Waals surface area contributed by atoms with E-state index in [9.17, 15) is 13.2 Å². The minimum Gasteiger partial charge on any atom is -0.493 e. The zero-order chi connectivity index (χ0) is 9.19. The van der Waals surface area contributed by atoms with E-state index in [0.717, 1.165) is 18.3 Å². The molecule has 0 saturated heterocycles. The largest absolute Gasteiger partial charge is 0.573 e. The SMILES string of the molecule is Oc1ccc(OC(F)(F)F)cn1. The molecular formula is C6H4F3NO2. The van der Waals surface area contributed by atoms with Crippen LogP contribution >= 0.6 is 0 Å². The lowest BCUT2D eigenvalue weighted by atomic mass is 10.4. The molecule has 1 aromatic heterocycles. The maximum Gasteiger partial charge on any atom is 0.573 e. The highest BCUT2D eigenvalue weighted by Crippen LogP contribution is 2.22. The van der Waals surface area contributed by atoms with Gasteiger partial charge in [0.05, 0.1) is 6.20 Å². The Labute approximate surface area is 65.4 Å². The van der Waals surface area contributed by atoms with Gasteiger partial charge in [-0.25, -0.2) is 4.98 Å². The Morgan fingerprint density at radius 1 is 1.33 bits per heavy atom. The van der Waals surface area contributed by atoms with Crippen LogP contribution in [0.15, 0.2) is 18.3 Å². The van der Waals surface area contributed by atoms with Crippen LogP contribution in [0.3, 0.4) is 0 Å². The highest BCUT2D eigenvalue weighted by atomic mass is 19.4. The Hall–Kier alpha value is -1.46. The molecule has 0 unspecified atom stereocenters. The molecule has 66 valence electrons. The van der Waals surface area contributed by atoms with E-state index in [1.54, 1.807) is 0 Å². The Morgan fingerprint density at radius 2 is 2.00 bits per heavy atom. The molecule has 1 N–H and O–H groups in total. The number of hydrogen-bond acceptors (Lipinski definition) is 3. The van der Waals surface area contributed by atoms with E-state index in [2.05, 4.69) is 9.72 Å². The Morgan fingerprint density at radius 3 is 2.42 bits per heavy atom. The molecule has 0 aliphatic rings. The average Bonchev–Trinajstić information content (AvgIpc) is 1.91. The van der Waals surface area contributed by atoms with Gasteiger partial charge in [-0.3, -0.25) is 0 Å². The number of alkyl halides is 3. The first-order valence-corrected chi connectivity index (χ1v) is 2.88. The molecule has 1 heterocycles. The summed E-state index contributed by atoms with van der Waals surface area (Å²) in [6.45, 7) is 0. The fourth-order valence-electron chi connectivity index (χ4n) is 0.566. The number of nitrogens with zero attached hydrogens (tertiary/aromatic N) is 1. The van der Waals surface area contributed by atoms with Crippen molar-refractivity contribution in [1.82, 2.24) is 4.98 Å². The van der Waals surface area contributed by atoms with Crippen molar-refractivity contribution in [3.63, 3.8) is 0 Å². The molecule has 6 heteroatoms. The molecule has 1 rings (SSSR count). The zero-order valence-corrected chi connectivity index (χ0v) is 5.67. The summed E-state index contributed by atoms with van der Waals surface area (Å²) in [4.78, 5) is 3.19. The van der Waals surface area contributed by atoms with Gasteiger partial charge in [0, 0.05) is 6.07 Å². The van der Waals surface area contributed by atoms with Crippen molar-refractivity contribution in [2.24, 2.45) is 0 Å². The van der Waals surface area contributed by atoms with Crippen LogP contribution < -0.4 is 4.74 Å². The Kier molecular flexibility index (Phi) is 2.07. The molecule has 0 fully saturated rings. The third-order valence-corrected chi connectivity index (χ3v) is 0.954. The van der Waals surface area contributed by atoms with Crippen molar-refractivity contribution in [3.05, 3.63) is 18.3 Å². The van der Waals surface area contributed by atoms with Crippen LogP contribution in [0.4, 0.5) is 13.2 Å². The number of ether oxygens (including phenoxy) is 1. The van der Waals surface area contributed by atoms with Gasteiger partial charge in [0.25, 0.3) is 0 Å². The van der Waals surface area contributed by atoms with E-state index < -0.39 is 12.1 Å². The quantitative estimate of drug-likeness (QED) is 0.713. The van der Waals surface area contributed by atoms with E-state index in [1.807, 2.05) is 0 Å². The summed E-state index contributed by atoms with van der Waals surface area (Å²) >= 11 is 0. The van der Waals surface area contributed by atoms with Gasteiger partial charge in [0.2, 0.25) is 5.88 Å². The smallest absolute Gasteiger partial charge is 0.493 e. The van der Waals surface area contributed by atoms with Crippen LogP contribution in [0, 0.1) is 0 Å². The van der Waals surface area contributed by atoms with E-state index >= 15 is 0 Å². The first-order chi connectivity index (χ1) is 5.47. The molecule has 0 spiro atoms. The minimum absolute atomic E-state index is 0.357. The number of halogens is 3. The van der Waals surface area contributed by atoms with Crippen LogP contribution in [0.5, 0.6) is 11.6 Å². The Balaban J connectivity index is 2.71. The molecule has 0 radical (unpaired) electrons. The third kappa shape index (κ3) is 2.65. The first-order valence-electron chi connectivity index (χ1n) is 2.88. The maximum absolute atomic E-state index is 11.5. The average molecular weight is 179 g/mol. The molecule has 12 heavy (non-hydrogen) atoms. The van der Waals surface area contributed by atoms with Gasteiger partial charge in [-0.2, -0.15) is 0 Å². The second-order valence-corrected chi connectivity index (χ2v) is 1.90. The lowest BCUT2D eigenvalue weighted by Gasteiger charge is -2.07. The molecule has 0 aliphatic carbocycles. The molecule has 0 atom stereocenters. The normalized spacial score (nSPS) is 11.2. The summed E-state index contributed by atoms with van der Waals surface area (Å²) in [5.74, 6) is -0.815. The number of pyridine rings is 1. The molecule has 0 aliphatic heterocycles. The van der Waals surface area contributed by atoms with Crippen molar-refractivity contribution < 1.29 is 23.0 Å². The fourth-order valence-corrected chi connectivity index (χ4v) is 0.566. The summed E-state index contributed by atoms with van der Waals surface area (Å²) in [6.07, 6.45) is -3.94. The molecule has 0 bridgehead atoms. The summed E-state index contributed by atoms with van der Waals surface area (Å²) in [7, 11) is 0. The number of aromatic hydroxyl groups is 1. The van der Waals surface area contributed by atoms with Crippen LogP contribution in [-0.2, 0) is 0 Å². The lowest BCUT2D eigenvalue weighted by molar-refractivity contribution is -0.274. The first kappa shape index (κ1) is 8.63. The maximum atomic E-state index is 11.5. The minimum atomic E-state index is -4.72. The second-order valence-electron chi connectivity index (χ2n) is 1.90. The van der Waals surface area contributed by atoms with E-state index in [4.69, 9.17) is 5.11 Å². The fraction of sp³-hybridized carbons (Fsp3) is 0.167. The van der Waals surface area contributed by atoms with Gasteiger partial charge in [-0.15, -0.1) is 13.2 Å². The Bertz CT molecular complexity index is 256. The molecule has 0 amide bonds. The lowest BCUT2D eigenvalue weighted by Crippen LogP contribution is -2.17. The van der Waals surface area contributed by atoms with Gasteiger partial charge >= 0.3 is 6.36 Å². The van der Waals surface area contributed by atoms with Crippen LogP contribution in [-0.4, -0.2) is 16.5 Å². The highest BCUT2D eigenvalue weighted by molar-refractivity contribution is 5.21. The predicted molar refractivity (Wildman–Crippen MR) is 32.6 cm³/mol. The molecule has 1 aromatic rings. The number of aromatic nitrogens is 1. The van der Waals surface area contributed by atoms with E-state index in [1.165, 1.54) is 0 Å². The third-order valence-electron chi connectivity index (χ3n) is 0.954. The van der Waals surface area contributed by atoms with Crippen molar-refractivity contribution in [3.8, 4) is 11.6 Å². The van der Waals surface area contributed by atoms with Crippen molar-refractivity contribution in [1.29, 1.82) is 0 Å². The summed E-state index contributed by atoms with van der Waals surface area (Å²) in [6, 6.07) is 1.97. The topological polar surface area (TPSA) is 42.4 Å². The summed E-state index contributed by atoms with van der Waals surface area (Å²) < 4.78 is 38.1. The summed E-state index contributed by atoms with van der Waals surface area (Å²) in [5, 5.41) is 8.61. The molecule has 3 nitrogen and oxygen atoms in total. The van der Waals surface area contributed by atoms with Crippen LogP contribution in [0.1, 0.15) is 0 Å². The van der Waals surface area contributed by atoms with Gasteiger partial charge in [0.15, 0.2) is 0 Å². The van der Waals surface area contributed by atoms with Crippen molar-refractivity contribution >= 4 is 0 Å². The standard InChI is InChI=1S/C6H4F3NO2/c7-6(8,9)12-4-1-2-5(11)10-3-4/h1-3H,(H,10,11). The van der Waals surface area contributed by atoms with Crippen LogP contribution in [0.2, 0.25) is 0 Å². The van der Waals surface area contributed by atoms with Crippen molar-refractivity contribution in [2.75, 3.05) is 0 Å². The van der Waals surface area contributed by atoms with Gasteiger partial charge in [0.1, 0.15) is 5.75 Å². The molecule has 0 saturated carbocycles. The van der Waals surface area contributed by atoms with Crippen LogP contribution in [0.25, 0.3) is 0 Å². The van der Waals surface area contributed by atoms with Crippen molar-refractivity contribution in [2.45, 2.75) is 6.36 Å². The molecular weight excluding hydrogens is 175 g/mol. The van der Waals surface area contributed by atoms with E-state index in [-0.39, 0.29) is 5.88 Å². The number of rotatable bonds is 1. The van der Waals surface area contributed by atoms with Gasteiger partial charge in [-0.05, 0) is 6.07 Å². The monoisotopic (exact) mass is 179 g/mol. The van der Waals surface area contributed by atoms with Gasteiger partial charge < -0.3 is 9.84 Å². The summed E-state index contributed by atoms with van der Waals surface area (Å²) in [5.41, 5.74) is 0. The zero-order valence-electron chi connectivity index (χ0n) is 5.67. The highest BCUT2D eigenvalue weighted by Gasteiger charge is 2.31. The van der Waals surface area contributed by atoms with Gasteiger partial charge in [-0.1, -0.05) is 0 Å². The second kappa shape index (κ2) is 2.88. The predicted octanol–water partition coefficient (Wildman–Crippen LogP) is 1.69. The van der Waals surface area contributed by atoms with E-state index in [0.29, 0.717) is 0 Å². The number of hydrogen-bond donors (Lipinski definition) is 1.